The van der Waals surface area contributed by atoms with Gasteiger partial charge in [-0.2, -0.15) is 5.10 Å². The molecule has 130 valence electrons. The van der Waals surface area contributed by atoms with Crippen molar-refractivity contribution in [2.24, 2.45) is 7.05 Å². The summed E-state index contributed by atoms with van der Waals surface area (Å²) in [4.78, 5) is 25.9. The zero-order valence-electron chi connectivity index (χ0n) is 14.3. The lowest BCUT2D eigenvalue weighted by atomic mass is 10.2. The highest BCUT2D eigenvalue weighted by Crippen LogP contribution is 2.34. The predicted molar refractivity (Wildman–Crippen MR) is 101 cm³/mol. The zero-order valence-corrected chi connectivity index (χ0v) is 14.3. The number of aromatic nitrogens is 2. The molecule has 1 aromatic heterocycles. The highest BCUT2D eigenvalue weighted by molar-refractivity contribution is 6.02. The van der Waals surface area contributed by atoms with Crippen LogP contribution in [0.5, 0.6) is 0 Å². The molecule has 0 radical (unpaired) electrons. The first-order chi connectivity index (χ1) is 12.6. The number of aryl methyl sites for hydroxylation is 1. The first kappa shape index (κ1) is 16.1. The fourth-order valence-corrected chi connectivity index (χ4v) is 3.15. The molecule has 0 fully saturated rings. The second-order valence-corrected chi connectivity index (χ2v) is 6.21. The van der Waals surface area contributed by atoms with Gasteiger partial charge in [0.15, 0.2) is 0 Å². The number of anilines is 3. The fourth-order valence-electron chi connectivity index (χ4n) is 3.15. The standard InChI is InChI=1S/C20H18N4O2/c1-23-19(25)11-10-17(22-23)20(26)21-15-6-8-16(9-7-15)24-13-12-14-4-2-3-5-18(14)24/h2-11H,12-13H2,1H3,(H,21,26). The Labute approximate surface area is 150 Å². The van der Waals surface area contributed by atoms with Crippen LogP contribution in [-0.4, -0.2) is 22.2 Å². The summed E-state index contributed by atoms with van der Waals surface area (Å²) in [6.07, 6.45) is 1.03. The third kappa shape index (κ3) is 2.97. The van der Waals surface area contributed by atoms with Crippen LogP contribution in [0.3, 0.4) is 0 Å². The van der Waals surface area contributed by atoms with Crippen molar-refractivity contribution in [2.75, 3.05) is 16.8 Å². The Hall–Kier alpha value is -3.41. The van der Waals surface area contributed by atoms with Crippen molar-refractivity contribution in [3.63, 3.8) is 0 Å². The van der Waals surface area contributed by atoms with Crippen LogP contribution in [0.4, 0.5) is 17.1 Å². The Morgan fingerprint density at radius 1 is 1.04 bits per heavy atom. The molecule has 0 saturated carbocycles. The summed E-state index contributed by atoms with van der Waals surface area (Å²) in [7, 11) is 1.52. The molecule has 2 aromatic carbocycles. The van der Waals surface area contributed by atoms with Gasteiger partial charge in [-0.05, 0) is 48.4 Å². The predicted octanol–water partition coefficient (Wildman–Crippen LogP) is 2.73. The van der Waals surface area contributed by atoms with Gasteiger partial charge in [-0.25, -0.2) is 4.68 Å². The molecule has 2 heterocycles. The second kappa shape index (κ2) is 6.48. The third-order valence-electron chi connectivity index (χ3n) is 4.52. The van der Waals surface area contributed by atoms with Gasteiger partial charge in [0.2, 0.25) is 0 Å². The van der Waals surface area contributed by atoms with Gasteiger partial charge in [0, 0.05) is 36.7 Å². The average Bonchev–Trinajstić information content (AvgIpc) is 3.09. The Morgan fingerprint density at radius 3 is 2.58 bits per heavy atom. The molecule has 0 saturated heterocycles. The summed E-state index contributed by atoms with van der Waals surface area (Å²) in [5.74, 6) is -0.347. The lowest BCUT2D eigenvalue weighted by Gasteiger charge is -2.20. The number of para-hydroxylation sites is 1. The van der Waals surface area contributed by atoms with E-state index in [0.717, 1.165) is 23.3 Å². The Kier molecular flexibility index (Phi) is 4.01. The van der Waals surface area contributed by atoms with Crippen molar-refractivity contribution in [2.45, 2.75) is 6.42 Å². The van der Waals surface area contributed by atoms with Crippen LogP contribution in [0.2, 0.25) is 0 Å². The smallest absolute Gasteiger partial charge is 0.276 e. The van der Waals surface area contributed by atoms with Gasteiger partial charge in [-0.15, -0.1) is 0 Å². The zero-order chi connectivity index (χ0) is 18.1. The molecule has 1 amide bonds. The van der Waals surface area contributed by atoms with Crippen molar-refractivity contribution >= 4 is 23.0 Å². The lowest BCUT2D eigenvalue weighted by Crippen LogP contribution is -2.23. The molecule has 0 unspecified atom stereocenters. The SMILES string of the molecule is Cn1nc(C(=O)Nc2ccc(N3CCc4ccccc43)cc2)ccc1=O. The van der Waals surface area contributed by atoms with Crippen molar-refractivity contribution in [1.82, 2.24) is 9.78 Å². The van der Waals surface area contributed by atoms with Gasteiger partial charge in [0.25, 0.3) is 11.5 Å². The van der Waals surface area contributed by atoms with Crippen molar-refractivity contribution < 1.29 is 4.79 Å². The summed E-state index contributed by atoms with van der Waals surface area (Å²) in [6, 6.07) is 18.9. The topological polar surface area (TPSA) is 67.2 Å². The first-order valence-corrected chi connectivity index (χ1v) is 8.43. The number of hydrogen-bond donors (Lipinski definition) is 1. The van der Waals surface area contributed by atoms with E-state index in [1.807, 2.05) is 30.3 Å². The normalized spacial score (nSPS) is 12.7. The third-order valence-corrected chi connectivity index (χ3v) is 4.52. The molecule has 1 aliphatic rings. The summed E-state index contributed by atoms with van der Waals surface area (Å²) in [6.45, 7) is 0.951. The minimum absolute atomic E-state index is 0.199. The van der Waals surface area contributed by atoms with Gasteiger partial charge >= 0.3 is 0 Å². The maximum atomic E-state index is 12.3. The van der Waals surface area contributed by atoms with E-state index in [9.17, 15) is 9.59 Å². The molecule has 3 aromatic rings. The molecule has 6 nitrogen and oxygen atoms in total. The fraction of sp³-hybridized carbons (Fsp3) is 0.150. The maximum absolute atomic E-state index is 12.3. The quantitative estimate of drug-likeness (QED) is 0.792. The summed E-state index contributed by atoms with van der Waals surface area (Å²) < 4.78 is 1.14. The number of hydrogen-bond acceptors (Lipinski definition) is 4. The van der Waals surface area contributed by atoms with Crippen LogP contribution in [0.1, 0.15) is 16.1 Å². The highest BCUT2D eigenvalue weighted by atomic mass is 16.2. The summed E-state index contributed by atoms with van der Waals surface area (Å²) in [5, 5.41) is 6.76. The molecule has 6 heteroatoms. The Morgan fingerprint density at radius 2 is 1.81 bits per heavy atom. The van der Waals surface area contributed by atoms with Crippen LogP contribution in [-0.2, 0) is 13.5 Å². The number of amides is 1. The molecular formula is C20H18N4O2. The van der Waals surface area contributed by atoms with Crippen LogP contribution in [0, 0.1) is 0 Å². The lowest BCUT2D eigenvalue weighted by molar-refractivity contribution is 0.102. The van der Waals surface area contributed by atoms with Crippen LogP contribution >= 0.6 is 0 Å². The van der Waals surface area contributed by atoms with Gasteiger partial charge in [0.05, 0.1) is 0 Å². The minimum atomic E-state index is -0.347. The van der Waals surface area contributed by atoms with E-state index < -0.39 is 0 Å². The number of nitrogens with one attached hydrogen (secondary N) is 1. The monoisotopic (exact) mass is 346 g/mol. The number of carbonyl (C=O) groups excluding carboxylic acids is 1. The molecule has 0 spiro atoms. The van der Waals surface area contributed by atoms with E-state index in [4.69, 9.17) is 0 Å². The van der Waals surface area contributed by atoms with Crippen molar-refractivity contribution in [1.29, 1.82) is 0 Å². The van der Waals surface area contributed by atoms with E-state index in [2.05, 4.69) is 33.5 Å². The number of carbonyl (C=O) groups is 1. The van der Waals surface area contributed by atoms with Gasteiger partial charge < -0.3 is 10.2 Å². The molecule has 26 heavy (non-hydrogen) atoms. The molecular weight excluding hydrogens is 328 g/mol. The van der Waals surface area contributed by atoms with E-state index in [1.165, 1.54) is 30.4 Å². The van der Waals surface area contributed by atoms with E-state index in [1.54, 1.807) is 0 Å². The van der Waals surface area contributed by atoms with E-state index >= 15 is 0 Å². The molecule has 0 aliphatic carbocycles. The second-order valence-electron chi connectivity index (χ2n) is 6.21. The van der Waals surface area contributed by atoms with Gasteiger partial charge in [0.1, 0.15) is 5.69 Å². The van der Waals surface area contributed by atoms with Gasteiger partial charge in [-0.3, -0.25) is 9.59 Å². The van der Waals surface area contributed by atoms with E-state index in [0.29, 0.717) is 5.69 Å². The molecule has 1 N–H and O–H groups in total. The molecule has 1 aliphatic heterocycles. The van der Waals surface area contributed by atoms with Crippen LogP contribution < -0.4 is 15.8 Å². The van der Waals surface area contributed by atoms with Crippen molar-refractivity contribution in [3.05, 3.63) is 82.3 Å². The molecule has 0 atom stereocenters. The Bertz CT molecular complexity index is 1020. The number of fused-ring (bicyclic) bond motifs is 1. The first-order valence-electron chi connectivity index (χ1n) is 8.43. The Balaban J connectivity index is 1.51. The summed E-state index contributed by atoms with van der Waals surface area (Å²) >= 11 is 0. The number of nitrogens with zero attached hydrogens (tertiary/aromatic N) is 3. The maximum Gasteiger partial charge on any atom is 0.276 e. The largest absolute Gasteiger partial charge is 0.341 e. The van der Waals surface area contributed by atoms with Crippen LogP contribution in [0.15, 0.2) is 65.5 Å². The van der Waals surface area contributed by atoms with Crippen LogP contribution in [0.25, 0.3) is 0 Å². The summed E-state index contributed by atoms with van der Waals surface area (Å²) in [5.41, 5.74) is 4.31. The highest BCUT2D eigenvalue weighted by Gasteiger charge is 2.19. The van der Waals surface area contributed by atoms with E-state index in [-0.39, 0.29) is 17.2 Å². The average molecular weight is 346 g/mol. The number of rotatable bonds is 3. The van der Waals surface area contributed by atoms with Gasteiger partial charge in [-0.1, -0.05) is 18.2 Å². The minimum Gasteiger partial charge on any atom is -0.341 e. The number of benzene rings is 2. The molecule has 4 rings (SSSR count). The van der Waals surface area contributed by atoms with Crippen molar-refractivity contribution in [3.8, 4) is 0 Å². The molecule has 0 bridgehead atoms.